The lowest BCUT2D eigenvalue weighted by molar-refractivity contribution is -0.141. The van der Waals surface area contributed by atoms with Crippen LogP contribution in [0.4, 0.5) is 19.0 Å². The summed E-state index contributed by atoms with van der Waals surface area (Å²) in [6.07, 6.45) is -3.54. The van der Waals surface area contributed by atoms with Crippen molar-refractivity contribution in [3.05, 3.63) is 34.6 Å². The van der Waals surface area contributed by atoms with Crippen molar-refractivity contribution in [2.45, 2.75) is 6.18 Å². The molecule has 0 radical (unpaired) electrons. The molecule has 2 heterocycles. The van der Waals surface area contributed by atoms with Gasteiger partial charge in [-0.25, -0.2) is 9.67 Å². The molecule has 0 aliphatic carbocycles. The number of nitrogen functional groups attached to an aromatic ring is 1. The van der Waals surface area contributed by atoms with Gasteiger partial charge in [0.25, 0.3) is 5.91 Å². The summed E-state index contributed by atoms with van der Waals surface area (Å²) in [6.45, 7) is 0. The highest BCUT2D eigenvalue weighted by Gasteiger charge is 2.33. The quantitative estimate of drug-likeness (QED) is 0.880. The van der Waals surface area contributed by atoms with Gasteiger partial charge in [0.2, 0.25) is 0 Å². The van der Waals surface area contributed by atoms with Gasteiger partial charge in [0.05, 0.1) is 11.8 Å². The smallest absolute Gasteiger partial charge is 0.381 e. The third kappa shape index (κ3) is 2.52. The molecular formula is C10H7ClF3N5O. The minimum atomic E-state index is -4.67. The first-order valence-corrected chi connectivity index (χ1v) is 5.47. The van der Waals surface area contributed by atoms with Gasteiger partial charge in [-0.15, -0.1) is 5.10 Å². The summed E-state index contributed by atoms with van der Waals surface area (Å²) in [5.74, 6) is -1.46. The Labute approximate surface area is 115 Å². The van der Waals surface area contributed by atoms with Crippen LogP contribution in [-0.4, -0.2) is 20.7 Å². The molecule has 0 aromatic carbocycles. The summed E-state index contributed by atoms with van der Waals surface area (Å²) in [5, 5.41) is 3.69. The van der Waals surface area contributed by atoms with Crippen LogP contribution in [0.2, 0.25) is 5.02 Å². The molecular weight excluding hydrogens is 299 g/mol. The van der Waals surface area contributed by atoms with Gasteiger partial charge in [-0.05, 0) is 12.1 Å². The third-order valence-corrected chi connectivity index (χ3v) is 2.64. The van der Waals surface area contributed by atoms with Crippen LogP contribution in [0.25, 0.3) is 5.82 Å². The highest BCUT2D eigenvalue weighted by molar-refractivity contribution is 6.32. The molecule has 0 saturated carbocycles. The van der Waals surface area contributed by atoms with Crippen LogP contribution in [0, 0.1) is 0 Å². The fourth-order valence-corrected chi connectivity index (χ4v) is 1.58. The lowest BCUT2D eigenvalue weighted by Gasteiger charge is -2.10. The first-order valence-electron chi connectivity index (χ1n) is 5.09. The number of nitrogens with zero attached hydrogens (tertiary/aromatic N) is 3. The number of hydrogen-bond donors (Lipinski definition) is 2. The summed E-state index contributed by atoms with van der Waals surface area (Å²) >= 11 is 5.67. The third-order valence-electron chi connectivity index (χ3n) is 2.34. The number of aromatic nitrogens is 3. The van der Waals surface area contributed by atoms with Crippen molar-refractivity contribution in [1.29, 1.82) is 0 Å². The second-order valence-electron chi connectivity index (χ2n) is 3.74. The molecule has 20 heavy (non-hydrogen) atoms. The summed E-state index contributed by atoms with van der Waals surface area (Å²) in [7, 11) is 0. The average molecular weight is 306 g/mol. The number of alkyl halides is 3. The van der Waals surface area contributed by atoms with Crippen LogP contribution < -0.4 is 11.5 Å². The van der Waals surface area contributed by atoms with E-state index in [4.69, 9.17) is 23.1 Å². The van der Waals surface area contributed by atoms with Crippen molar-refractivity contribution in [3.8, 4) is 5.82 Å². The first-order chi connectivity index (χ1) is 9.20. The van der Waals surface area contributed by atoms with Crippen LogP contribution >= 0.6 is 11.6 Å². The summed E-state index contributed by atoms with van der Waals surface area (Å²) in [5.41, 5.74) is 9.06. The predicted octanol–water partition coefficient (Wildman–Crippen LogP) is 1.62. The zero-order valence-corrected chi connectivity index (χ0v) is 10.4. The van der Waals surface area contributed by atoms with E-state index in [2.05, 4.69) is 10.1 Å². The number of amides is 1. The lowest BCUT2D eigenvalue weighted by Crippen LogP contribution is -2.19. The summed E-state index contributed by atoms with van der Waals surface area (Å²) in [4.78, 5) is 14.6. The number of carbonyl (C=O) groups is 1. The normalized spacial score (nSPS) is 11.6. The Morgan fingerprint density at radius 3 is 2.45 bits per heavy atom. The Balaban J connectivity index is 2.67. The van der Waals surface area contributed by atoms with E-state index in [0.29, 0.717) is 6.07 Å². The van der Waals surface area contributed by atoms with Crippen molar-refractivity contribution < 1.29 is 18.0 Å². The minimum absolute atomic E-state index is 0.0135. The molecule has 0 bridgehead atoms. The molecule has 0 aliphatic heterocycles. The molecule has 1 amide bonds. The lowest BCUT2D eigenvalue weighted by atomic mass is 10.2. The maximum absolute atomic E-state index is 12.6. The van der Waals surface area contributed by atoms with Gasteiger partial charge in [0.15, 0.2) is 11.6 Å². The van der Waals surface area contributed by atoms with Crippen molar-refractivity contribution in [2.75, 3.05) is 5.73 Å². The Morgan fingerprint density at radius 2 is 2.00 bits per heavy atom. The molecule has 0 spiro atoms. The van der Waals surface area contributed by atoms with E-state index in [0.717, 1.165) is 16.9 Å². The van der Waals surface area contributed by atoms with Crippen LogP contribution in [0.3, 0.4) is 0 Å². The fraction of sp³-hybridized carbons (Fsp3) is 0.100. The van der Waals surface area contributed by atoms with Gasteiger partial charge in [-0.2, -0.15) is 13.2 Å². The van der Waals surface area contributed by atoms with Gasteiger partial charge >= 0.3 is 6.18 Å². The zero-order chi connectivity index (χ0) is 15.1. The zero-order valence-electron chi connectivity index (χ0n) is 9.65. The monoisotopic (exact) mass is 305 g/mol. The molecule has 0 aliphatic rings. The van der Waals surface area contributed by atoms with Crippen molar-refractivity contribution in [1.82, 2.24) is 14.8 Å². The Kier molecular flexibility index (Phi) is 3.30. The number of halogens is 4. The largest absolute Gasteiger partial charge is 0.433 e. The highest BCUT2D eigenvalue weighted by atomic mass is 35.5. The van der Waals surface area contributed by atoms with Crippen LogP contribution in [0.5, 0.6) is 0 Å². The SMILES string of the molecule is NC(=O)c1ccc(C(F)(F)F)nc1-n1cc(Cl)c(N)n1. The number of anilines is 1. The molecule has 4 N–H and O–H groups in total. The molecule has 0 unspecified atom stereocenters. The molecule has 6 nitrogen and oxygen atoms in total. The van der Waals surface area contributed by atoms with Gasteiger partial charge in [0.1, 0.15) is 10.7 Å². The van der Waals surface area contributed by atoms with Crippen molar-refractivity contribution in [3.63, 3.8) is 0 Å². The maximum atomic E-state index is 12.6. The van der Waals surface area contributed by atoms with E-state index >= 15 is 0 Å². The first kappa shape index (κ1) is 14.1. The number of carbonyl (C=O) groups excluding carboxylic acids is 1. The van der Waals surface area contributed by atoms with Gasteiger partial charge < -0.3 is 11.5 Å². The summed E-state index contributed by atoms with van der Waals surface area (Å²) in [6, 6.07) is 1.57. The minimum Gasteiger partial charge on any atom is -0.381 e. The molecule has 0 saturated heterocycles. The molecule has 10 heteroatoms. The summed E-state index contributed by atoms with van der Waals surface area (Å²) < 4.78 is 38.8. The number of hydrogen-bond acceptors (Lipinski definition) is 4. The molecule has 2 rings (SSSR count). The second-order valence-corrected chi connectivity index (χ2v) is 4.14. The predicted molar refractivity (Wildman–Crippen MR) is 64.3 cm³/mol. The van der Waals surface area contributed by atoms with Crippen molar-refractivity contribution in [2.24, 2.45) is 5.73 Å². The van der Waals surface area contributed by atoms with Gasteiger partial charge in [-0.3, -0.25) is 4.79 Å². The van der Waals surface area contributed by atoms with E-state index in [-0.39, 0.29) is 16.4 Å². The Bertz CT molecular complexity index is 663. The van der Waals surface area contributed by atoms with Gasteiger partial charge in [0, 0.05) is 0 Å². The van der Waals surface area contributed by atoms with E-state index in [9.17, 15) is 18.0 Å². The van der Waals surface area contributed by atoms with E-state index in [1.807, 2.05) is 0 Å². The maximum Gasteiger partial charge on any atom is 0.433 e. The van der Waals surface area contributed by atoms with Gasteiger partial charge in [-0.1, -0.05) is 11.6 Å². The number of rotatable bonds is 2. The van der Waals surface area contributed by atoms with E-state index in [1.165, 1.54) is 0 Å². The number of nitrogens with two attached hydrogens (primary N) is 2. The van der Waals surface area contributed by atoms with Crippen molar-refractivity contribution >= 4 is 23.3 Å². The number of pyridine rings is 1. The highest BCUT2D eigenvalue weighted by Crippen LogP contribution is 2.29. The Morgan fingerprint density at radius 1 is 1.35 bits per heavy atom. The van der Waals surface area contributed by atoms with Crippen LogP contribution in [0.1, 0.15) is 16.1 Å². The fourth-order valence-electron chi connectivity index (χ4n) is 1.45. The molecule has 2 aromatic rings. The molecule has 0 atom stereocenters. The average Bonchev–Trinajstić information content (AvgIpc) is 2.67. The van der Waals surface area contributed by atoms with E-state index in [1.54, 1.807) is 0 Å². The van der Waals surface area contributed by atoms with Crippen LogP contribution in [0.15, 0.2) is 18.3 Å². The Hall–Kier alpha value is -2.29. The molecule has 2 aromatic heterocycles. The topological polar surface area (TPSA) is 99.8 Å². The van der Waals surface area contributed by atoms with E-state index < -0.39 is 23.6 Å². The molecule has 0 fully saturated rings. The second kappa shape index (κ2) is 4.67. The van der Waals surface area contributed by atoms with Crippen LogP contribution in [-0.2, 0) is 6.18 Å². The standard InChI is InChI=1S/C10H7ClF3N5O/c11-5-3-19(18-7(5)15)9-4(8(16)20)1-2-6(17-9)10(12,13)14/h1-3H,(H2,15,18)(H2,16,20). The number of primary amides is 1. The molecule has 106 valence electrons.